The first-order chi connectivity index (χ1) is 25.7. The summed E-state index contributed by atoms with van der Waals surface area (Å²) in [4.78, 5) is 54.8. The number of nitrogens with one attached hydrogen (secondary N) is 1. The Kier molecular flexibility index (Phi) is 17.2. The van der Waals surface area contributed by atoms with Gasteiger partial charge in [0.25, 0.3) is 0 Å². The number of amides is 1. The number of esters is 2. The van der Waals surface area contributed by atoms with Crippen LogP contribution >= 0.6 is 22.7 Å². The van der Waals surface area contributed by atoms with E-state index < -0.39 is 29.7 Å². The Hall–Kier alpha value is -6.18. The van der Waals surface area contributed by atoms with Crippen molar-refractivity contribution >= 4 is 56.8 Å². The highest BCUT2D eigenvalue weighted by molar-refractivity contribution is 7.14. The van der Waals surface area contributed by atoms with Gasteiger partial charge >= 0.3 is 17.9 Å². The second kappa shape index (κ2) is 22.0. The van der Waals surface area contributed by atoms with E-state index in [-0.39, 0.29) is 31.3 Å². The molecule has 0 fully saturated rings. The first-order valence-corrected chi connectivity index (χ1v) is 18.2. The van der Waals surface area contributed by atoms with E-state index in [0.29, 0.717) is 16.9 Å². The number of hydrogen-bond donors (Lipinski definition) is 3. The molecular weight excluding hydrogens is 725 g/mol. The molecule has 0 aliphatic rings. The van der Waals surface area contributed by atoms with Crippen LogP contribution in [0.15, 0.2) is 132 Å². The Bertz CT molecular complexity index is 1960. The lowest BCUT2D eigenvalue weighted by molar-refractivity contribution is -0.137. The van der Waals surface area contributed by atoms with Gasteiger partial charge in [0.2, 0.25) is 5.91 Å². The van der Waals surface area contributed by atoms with Crippen molar-refractivity contribution in [1.82, 2.24) is 9.97 Å². The maximum Gasteiger partial charge on any atom is 0.357 e. The predicted octanol–water partition coefficient (Wildman–Crippen LogP) is 8.53. The fourth-order valence-electron chi connectivity index (χ4n) is 4.95. The third-order valence-electron chi connectivity index (χ3n) is 7.27. The SMILES string of the molecule is C.CCOC(=O)c1csc(N)n1.CCOC(=O)c1csc(NC(=O)C(c2ccccc2)c2ccccc2)n1.O=C(O)C(c1ccccc1)c1ccccc1. The fourth-order valence-corrected chi connectivity index (χ4v) is 6.16. The Labute approximate surface area is 322 Å². The van der Waals surface area contributed by atoms with E-state index in [0.717, 1.165) is 22.3 Å². The number of hydrogen-bond acceptors (Lipinski definition) is 11. The molecule has 0 saturated heterocycles. The molecule has 0 atom stereocenters. The van der Waals surface area contributed by atoms with Crippen molar-refractivity contribution in [3.63, 3.8) is 0 Å². The van der Waals surface area contributed by atoms with Crippen LogP contribution in [0.1, 0.15) is 76.3 Å². The van der Waals surface area contributed by atoms with Gasteiger partial charge in [-0.05, 0) is 36.1 Å². The van der Waals surface area contributed by atoms with Crippen molar-refractivity contribution in [2.45, 2.75) is 33.1 Å². The molecule has 4 N–H and O–H groups in total. The van der Waals surface area contributed by atoms with Crippen molar-refractivity contribution in [1.29, 1.82) is 0 Å². The number of carboxylic acids is 1. The van der Waals surface area contributed by atoms with Crippen LogP contribution in [-0.2, 0) is 19.1 Å². The molecule has 0 radical (unpaired) electrons. The van der Waals surface area contributed by atoms with Crippen LogP contribution < -0.4 is 11.1 Å². The zero-order chi connectivity index (χ0) is 38.0. The number of nitrogens with two attached hydrogens (primary N) is 1. The van der Waals surface area contributed by atoms with Crippen molar-refractivity contribution in [2.75, 3.05) is 24.3 Å². The molecule has 54 heavy (non-hydrogen) atoms. The second-order valence-corrected chi connectivity index (χ2v) is 12.6. The van der Waals surface area contributed by atoms with E-state index in [4.69, 9.17) is 15.2 Å². The number of rotatable bonds is 11. The van der Waals surface area contributed by atoms with Crippen LogP contribution in [0.4, 0.5) is 10.3 Å². The Morgan fingerprint density at radius 2 is 1.00 bits per heavy atom. The normalized spacial score (nSPS) is 10.1. The van der Waals surface area contributed by atoms with Gasteiger partial charge in [0.15, 0.2) is 21.7 Å². The van der Waals surface area contributed by atoms with Crippen LogP contribution in [0.5, 0.6) is 0 Å². The number of anilines is 2. The maximum absolute atomic E-state index is 13.0. The molecule has 0 aliphatic carbocycles. The standard InChI is InChI=1S/C20H18N2O3S.C14H12O2.C6H8N2O2S.CH4/c1-2-25-19(24)16-13-26-20(21-16)22-18(23)17(14-9-5-3-6-10-14)15-11-7-4-8-12-15;15-14(16)13(11-7-3-1-4-8-11)12-9-5-2-6-10-12;1-2-10-5(9)4-3-11-6(7)8-4;/h3-13,17H,2H2,1H3,(H,21,22,23);1-10,13H,(H,15,16);3H,2H2,1H3,(H2,7,8);1H4. The van der Waals surface area contributed by atoms with Gasteiger partial charge in [-0.15, -0.1) is 22.7 Å². The summed E-state index contributed by atoms with van der Waals surface area (Å²) in [5.41, 5.74) is 9.18. The molecule has 0 spiro atoms. The number of thiazole rings is 2. The quantitative estimate of drug-likeness (QED) is 0.109. The lowest BCUT2D eigenvalue weighted by Crippen LogP contribution is -2.22. The number of nitrogen functional groups attached to an aromatic ring is 1. The smallest absolute Gasteiger partial charge is 0.357 e. The van der Waals surface area contributed by atoms with Gasteiger partial charge in [0.05, 0.1) is 19.1 Å². The lowest BCUT2D eigenvalue weighted by atomic mass is 9.90. The molecule has 280 valence electrons. The molecule has 11 nitrogen and oxygen atoms in total. The average molecular weight is 767 g/mol. The number of ether oxygens (including phenoxy) is 2. The van der Waals surface area contributed by atoms with Crippen molar-refractivity contribution in [3.8, 4) is 0 Å². The van der Waals surface area contributed by atoms with Gasteiger partial charge in [-0.25, -0.2) is 19.6 Å². The summed E-state index contributed by atoms with van der Waals surface area (Å²) >= 11 is 2.42. The molecular formula is C41H42N4O7S2. The zero-order valence-corrected chi connectivity index (χ0v) is 30.6. The molecule has 6 rings (SSSR count). The highest BCUT2D eigenvalue weighted by Crippen LogP contribution is 2.28. The third-order valence-corrected chi connectivity index (χ3v) is 8.70. The highest BCUT2D eigenvalue weighted by Gasteiger charge is 2.24. The molecule has 1 amide bonds. The molecule has 2 aromatic heterocycles. The number of carbonyl (C=O) groups excluding carboxylic acids is 3. The first-order valence-electron chi connectivity index (χ1n) is 16.5. The van der Waals surface area contributed by atoms with E-state index in [2.05, 4.69) is 15.3 Å². The van der Waals surface area contributed by atoms with Gasteiger partial charge in [0, 0.05) is 10.8 Å². The van der Waals surface area contributed by atoms with Crippen molar-refractivity contribution in [2.24, 2.45) is 0 Å². The Balaban J connectivity index is 0.000000238. The molecule has 0 unspecified atom stereocenters. The minimum atomic E-state index is -0.822. The Morgan fingerprint density at radius 3 is 1.35 bits per heavy atom. The van der Waals surface area contributed by atoms with Gasteiger partial charge < -0.3 is 25.6 Å². The summed E-state index contributed by atoms with van der Waals surface area (Å²) in [7, 11) is 0. The molecule has 0 bridgehead atoms. The summed E-state index contributed by atoms with van der Waals surface area (Å²) < 4.78 is 9.62. The van der Waals surface area contributed by atoms with Gasteiger partial charge in [-0.2, -0.15) is 0 Å². The lowest BCUT2D eigenvalue weighted by Gasteiger charge is -2.17. The average Bonchev–Trinajstić information content (AvgIpc) is 3.83. The van der Waals surface area contributed by atoms with Crippen LogP contribution in [0, 0.1) is 0 Å². The minimum Gasteiger partial charge on any atom is -0.481 e. The van der Waals surface area contributed by atoms with Gasteiger partial charge in [0.1, 0.15) is 5.92 Å². The summed E-state index contributed by atoms with van der Waals surface area (Å²) in [5, 5.41) is 16.0. The van der Waals surface area contributed by atoms with Crippen molar-refractivity contribution in [3.05, 3.63) is 166 Å². The predicted molar refractivity (Wildman–Crippen MR) is 213 cm³/mol. The summed E-state index contributed by atoms with van der Waals surface area (Å²) in [6.07, 6.45) is 0. The summed E-state index contributed by atoms with van der Waals surface area (Å²) in [5.74, 6) is -2.98. The highest BCUT2D eigenvalue weighted by atomic mass is 32.1. The van der Waals surface area contributed by atoms with Crippen molar-refractivity contribution < 1.29 is 33.8 Å². The molecule has 2 heterocycles. The largest absolute Gasteiger partial charge is 0.481 e. The van der Waals surface area contributed by atoms with Crippen LogP contribution in [0.25, 0.3) is 0 Å². The molecule has 0 aliphatic heterocycles. The van der Waals surface area contributed by atoms with E-state index in [1.165, 1.54) is 22.7 Å². The first kappa shape index (κ1) is 42.2. The van der Waals surface area contributed by atoms with Crippen LogP contribution in [-0.4, -0.2) is 52.1 Å². The zero-order valence-electron chi connectivity index (χ0n) is 29.0. The van der Waals surface area contributed by atoms with E-state index in [1.807, 2.05) is 121 Å². The number of carbonyl (C=O) groups is 4. The monoisotopic (exact) mass is 766 g/mol. The molecule has 6 aromatic rings. The third kappa shape index (κ3) is 12.5. The minimum absolute atomic E-state index is 0. The summed E-state index contributed by atoms with van der Waals surface area (Å²) in [6, 6.07) is 37.7. The van der Waals surface area contributed by atoms with Gasteiger partial charge in [-0.3, -0.25) is 9.59 Å². The number of carboxylic acid groups (broad SMARTS) is 1. The summed E-state index contributed by atoms with van der Waals surface area (Å²) in [6.45, 7) is 4.11. The number of aromatic nitrogens is 2. The number of nitrogens with zero attached hydrogens (tertiary/aromatic N) is 2. The number of benzene rings is 4. The van der Waals surface area contributed by atoms with E-state index in [1.54, 1.807) is 24.6 Å². The maximum atomic E-state index is 13.0. The van der Waals surface area contributed by atoms with E-state index >= 15 is 0 Å². The van der Waals surface area contributed by atoms with E-state index in [9.17, 15) is 24.3 Å². The molecule has 13 heteroatoms. The topological polar surface area (TPSA) is 171 Å². The second-order valence-electron chi connectivity index (χ2n) is 10.9. The van der Waals surface area contributed by atoms with Gasteiger partial charge in [-0.1, -0.05) is 129 Å². The van der Waals surface area contributed by atoms with Crippen LogP contribution in [0.3, 0.4) is 0 Å². The molecule has 0 saturated carbocycles. The molecule has 4 aromatic carbocycles. The van der Waals surface area contributed by atoms with Crippen LogP contribution in [0.2, 0.25) is 0 Å². The fraction of sp³-hybridized carbons (Fsp3) is 0.171. The Morgan fingerprint density at radius 1 is 0.630 bits per heavy atom. The number of aliphatic carboxylic acids is 1.